The average Bonchev–Trinajstić information content (AvgIpc) is 2.12. The molecule has 1 aromatic carbocycles. The van der Waals surface area contributed by atoms with Crippen molar-refractivity contribution in [1.29, 1.82) is 0 Å². The van der Waals surface area contributed by atoms with Crippen LogP contribution in [0.5, 0.6) is 0 Å². The van der Waals surface area contributed by atoms with E-state index in [0.29, 0.717) is 5.88 Å². The van der Waals surface area contributed by atoms with Crippen LogP contribution in [0, 0.1) is 20.8 Å². The van der Waals surface area contributed by atoms with Crippen LogP contribution in [0.4, 0.5) is 0 Å². The summed E-state index contributed by atoms with van der Waals surface area (Å²) in [5.74, 6) is 0.649. The number of hydrogen-bond donors (Lipinski definition) is 0. The molecule has 1 fully saturated rings. The van der Waals surface area contributed by atoms with Crippen molar-refractivity contribution in [3.8, 4) is 0 Å². The Hall–Kier alpha value is -0.530. The van der Waals surface area contributed by atoms with Gasteiger partial charge in [0.15, 0.2) is 0 Å². The summed E-state index contributed by atoms with van der Waals surface area (Å²) in [6.45, 7) is 7.99. The van der Waals surface area contributed by atoms with E-state index in [4.69, 9.17) is 16.3 Å². The van der Waals surface area contributed by atoms with Crippen molar-refractivity contribution >= 4 is 11.6 Å². The van der Waals surface area contributed by atoms with Gasteiger partial charge in [-0.1, -0.05) is 12.1 Å². The Balaban J connectivity index is 2.47. The minimum Gasteiger partial charge on any atom is -0.379 e. The third kappa shape index (κ3) is 1.68. The number of halogens is 1. The molecule has 0 spiro atoms. The smallest absolute Gasteiger partial charge is 0.0597 e. The summed E-state index contributed by atoms with van der Waals surface area (Å²) < 4.78 is 5.32. The molecular formula is C13H17ClO. The van der Waals surface area contributed by atoms with Crippen LogP contribution >= 0.6 is 11.6 Å². The molecule has 1 saturated heterocycles. The molecule has 1 aliphatic rings. The summed E-state index contributed by atoms with van der Waals surface area (Å²) in [6.07, 6.45) is 0. The lowest BCUT2D eigenvalue weighted by Gasteiger charge is -2.41. The Bertz CT molecular complexity index is 375. The highest BCUT2D eigenvalue weighted by Gasteiger charge is 2.40. The molecule has 15 heavy (non-hydrogen) atoms. The van der Waals surface area contributed by atoms with Crippen LogP contribution in [0.2, 0.25) is 0 Å². The summed E-state index contributed by atoms with van der Waals surface area (Å²) in [7, 11) is 0. The van der Waals surface area contributed by atoms with Crippen molar-refractivity contribution in [3.63, 3.8) is 0 Å². The first-order valence-corrected chi connectivity index (χ1v) is 5.84. The Morgan fingerprint density at radius 2 is 1.73 bits per heavy atom. The SMILES string of the molecule is Cc1cc(C)c(C2(CCl)COC2)cc1C. The van der Waals surface area contributed by atoms with E-state index in [1.54, 1.807) is 0 Å². The van der Waals surface area contributed by atoms with Crippen molar-refractivity contribution in [2.75, 3.05) is 19.1 Å². The van der Waals surface area contributed by atoms with Crippen LogP contribution in [0.3, 0.4) is 0 Å². The highest BCUT2D eigenvalue weighted by atomic mass is 35.5. The van der Waals surface area contributed by atoms with Gasteiger partial charge in [-0.3, -0.25) is 0 Å². The van der Waals surface area contributed by atoms with E-state index in [2.05, 4.69) is 32.9 Å². The van der Waals surface area contributed by atoms with E-state index in [1.807, 2.05) is 0 Å². The summed E-state index contributed by atoms with van der Waals surface area (Å²) in [6, 6.07) is 4.52. The lowest BCUT2D eigenvalue weighted by molar-refractivity contribution is -0.0483. The van der Waals surface area contributed by atoms with Gasteiger partial charge in [-0.25, -0.2) is 0 Å². The van der Waals surface area contributed by atoms with E-state index >= 15 is 0 Å². The lowest BCUT2D eigenvalue weighted by Crippen LogP contribution is -2.48. The molecule has 1 nitrogen and oxygen atoms in total. The van der Waals surface area contributed by atoms with Gasteiger partial charge in [0.2, 0.25) is 0 Å². The lowest BCUT2D eigenvalue weighted by atomic mass is 9.77. The molecule has 0 N–H and O–H groups in total. The molecule has 0 radical (unpaired) electrons. The molecule has 0 bridgehead atoms. The molecule has 1 aromatic rings. The van der Waals surface area contributed by atoms with Crippen LogP contribution in [0.15, 0.2) is 12.1 Å². The number of aryl methyl sites for hydroxylation is 3. The third-order valence-electron chi connectivity index (χ3n) is 3.42. The van der Waals surface area contributed by atoms with Gasteiger partial charge in [0, 0.05) is 5.88 Å². The second kappa shape index (κ2) is 3.80. The van der Waals surface area contributed by atoms with Gasteiger partial charge >= 0.3 is 0 Å². The molecule has 0 atom stereocenters. The first kappa shape index (κ1) is 11.0. The number of benzene rings is 1. The number of hydrogen-bond acceptors (Lipinski definition) is 1. The predicted molar refractivity (Wildman–Crippen MR) is 63.9 cm³/mol. The van der Waals surface area contributed by atoms with Gasteiger partial charge in [0.25, 0.3) is 0 Å². The van der Waals surface area contributed by atoms with Gasteiger partial charge in [0.1, 0.15) is 0 Å². The minimum absolute atomic E-state index is 0.0735. The summed E-state index contributed by atoms with van der Waals surface area (Å²) >= 11 is 6.08. The molecule has 1 aliphatic heterocycles. The van der Waals surface area contributed by atoms with Crippen molar-refractivity contribution in [2.45, 2.75) is 26.2 Å². The number of rotatable bonds is 2. The molecular weight excluding hydrogens is 208 g/mol. The standard InChI is InChI=1S/C13H17ClO/c1-9-4-11(3)12(5-10(9)2)13(6-14)7-15-8-13/h4-5H,6-8H2,1-3H3. The van der Waals surface area contributed by atoms with Crippen LogP contribution in [-0.2, 0) is 10.2 Å². The van der Waals surface area contributed by atoms with Crippen molar-refractivity contribution in [3.05, 3.63) is 34.4 Å². The Morgan fingerprint density at radius 1 is 1.13 bits per heavy atom. The molecule has 0 amide bonds. The minimum atomic E-state index is 0.0735. The van der Waals surface area contributed by atoms with Crippen LogP contribution in [0.25, 0.3) is 0 Å². The van der Waals surface area contributed by atoms with Gasteiger partial charge in [-0.15, -0.1) is 11.6 Å². The zero-order valence-electron chi connectivity index (χ0n) is 9.56. The van der Waals surface area contributed by atoms with Gasteiger partial charge < -0.3 is 4.74 Å². The van der Waals surface area contributed by atoms with Gasteiger partial charge in [0.05, 0.1) is 18.6 Å². The monoisotopic (exact) mass is 224 g/mol. The molecule has 2 rings (SSSR count). The van der Waals surface area contributed by atoms with E-state index in [9.17, 15) is 0 Å². The van der Waals surface area contributed by atoms with Crippen molar-refractivity contribution in [2.24, 2.45) is 0 Å². The summed E-state index contributed by atoms with van der Waals surface area (Å²) in [5, 5.41) is 0. The van der Waals surface area contributed by atoms with Crippen LogP contribution < -0.4 is 0 Å². The fourth-order valence-corrected chi connectivity index (χ4v) is 2.48. The van der Waals surface area contributed by atoms with Crippen LogP contribution in [-0.4, -0.2) is 19.1 Å². The first-order valence-electron chi connectivity index (χ1n) is 5.31. The molecule has 0 unspecified atom stereocenters. The number of alkyl halides is 1. The van der Waals surface area contributed by atoms with E-state index in [1.165, 1.54) is 22.3 Å². The molecule has 0 saturated carbocycles. The molecule has 82 valence electrons. The highest BCUT2D eigenvalue weighted by Crippen LogP contribution is 2.36. The zero-order valence-corrected chi connectivity index (χ0v) is 10.3. The Morgan fingerprint density at radius 3 is 2.20 bits per heavy atom. The van der Waals surface area contributed by atoms with E-state index in [-0.39, 0.29) is 5.41 Å². The molecule has 1 heterocycles. The second-order valence-electron chi connectivity index (χ2n) is 4.66. The molecule has 0 aliphatic carbocycles. The Labute approximate surface area is 96.4 Å². The maximum atomic E-state index is 6.08. The molecule has 0 aromatic heterocycles. The highest BCUT2D eigenvalue weighted by molar-refractivity contribution is 6.18. The summed E-state index contributed by atoms with van der Waals surface area (Å²) in [5.41, 5.74) is 5.46. The second-order valence-corrected chi connectivity index (χ2v) is 4.93. The largest absolute Gasteiger partial charge is 0.379 e. The Kier molecular flexibility index (Phi) is 2.78. The summed E-state index contributed by atoms with van der Waals surface area (Å²) in [4.78, 5) is 0. The topological polar surface area (TPSA) is 9.23 Å². The van der Waals surface area contributed by atoms with Gasteiger partial charge in [-0.2, -0.15) is 0 Å². The predicted octanol–water partition coefficient (Wildman–Crippen LogP) is 3.12. The van der Waals surface area contributed by atoms with Crippen molar-refractivity contribution < 1.29 is 4.74 Å². The van der Waals surface area contributed by atoms with Crippen LogP contribution in [0.1, 0.15) is 22.3 Å². The molecule has 2 heteroatoms. The van der Waals surface area contributed by atoms with Gasteiger partial charge in [-0.05, 0) is 43.0 Å². The maximum Gasteiger partial charge on any atom is 0.0597 e. The normalized spacial score (nSPS) is 18.7. The van der Waals surface area contributed by atoms with Crippen molar-refractivity contribution in [1.82, 2.24) is 0 Å². The zero-order chi connectivity index (χ0) is 11.1. The number of ether oxygens (including phenoxy) is 1. The quantitative estimate of drug-likeness (QED) is 0.702. The van der Waals surface area contributed by atoms with E-state index < -0.39 is 0 Å². The fourth-order valence-electron chi connectivity index (χ4n) is 2.18. The average molecular weight is 225 g/mol. The maximum absolute atomic E-state index is 6.08. The van der Waals surface area contributed by atoms with E-state index in [0.717, 1.165) is 13.2 Å². The third-order valence-corrected chi connectivity index (χ3v) is 3.94. The fraction of sp³-hybridized carbons (Fsp3) is 0.538. The first-order chi connectivity index (χ1) is 7.09.